The molecule has 0 aromatic carbocycles. The Balaban J connectivity index is 1.45. The van der Waals surface area contributed by atoms with Crippen molar-refractivity contribution < 1.29 is 18.0 Å². The fraction of sp³-hybridized carbons (Fsp3) is 0.588. The Morgan fingerprint density at radius 3 is 2.70 bits per heavy atom. The Morgan fingerprint density at radius 2 is 2.07 bits per heavy atom. The molecular weight excluding hydrogens is 379 g/mol. The lowest BCUT2D eigenvalue weighted by atomic mass is 9.84. The molecular formula is C17H20F3N5OS. The topological polar surface area (TPSA) is 63.1 Å². The van der Waals surface area contributed by atoms with Gasteiger partial charge in [-0.1, -0.05) is 0 Å². The Hall–Kier alpha value is -2.10. The van der Waals surface area contributed by atoms with E-state index >= 15 is 0 Å². The first-order valence-electron chi connectivity index (χ1n) is 8.90. The Kier molecular flexibility index (Phi) is 4.61. The van der Waals surface area contributed by atoms with E-state index in [1.165, 1.54) is 11.3 Å². The van der Waals surface area contributed by atoms with Gasteiger partial charge in [0.25, 0.3) is 5.91 Å². The summed E-state index contributed by atoms with van der Waals surface area (Å²) in [6, 6.07) is -0.231. The maximum Gasteiger partial charge on any atom is 0.410 e. The molecule has 1 saturated heterocycles. The predicted molar refractivity (Wildman–Crippen MR) is 94.8 cm³/mol. The van der Waals surface area contributed by atoms with Crippen LogP contribution < -0.4 is 5.32 Å². The summed E-state index contributed by atoms with van der Waals surface area (Å²) in [5.74, 6) is 0.401. The van der Waals surface area contributed by atoms with E-state index in [1.54, 1.807) is 28.8 Å². The lowest BCUT2D eigenvalue weighted by Crippen LogP contribution is -2.47. The van der Waals surface area contributed by atoms with Gasteiger partial charge in [0.15, 0.2) is 6.04 Å². The molecule has 1 amide bonds. The Morgan fingerprint density at radius 1 is 1.33 bits per heavy atom. The van der Waals surface area contributed by atoms with E-state index in [1.807, 2.05) is 0 Å². The number of halogens is 3. The lowest BCUT2D eigenvalue weighted by molar-refractivity contribution is -0.174. The summed E-state index contributed by atoms with van der Waals surface area (Å²) in [5, 5.41) is 8.98. The predicted octanol–water partition coefficient (Wildman–Crippen LogP) is 3.49. The third-order valence-corrected chi connectivity index (χ3v) is 5.98. The van der Waals surface area contributed by atoms with Gasteiger partial charge in [-0.15, -0.1) is 11.3 Å². The van der Waals surface area contributed by atoms with Crippen molar-refractivity contribution in [2.75, 3.05) is 18.4 Å². The van der Waals surface area contributed by atoms with Crippen molar-refractivity contribution in [3.8, 4) is 0 Å². The highest BCUT2D eigenvalue weighted by Gasteiger charge is 2.47. The fourth-order valence-corrected chi connectivity index (χ4v) is 4.54. The van der Waals surface area contributed by atoms with Crippen molar-refractivity contribution in [1.82, 2.24) is 19.7 Å². The molecule has 10 heteroatoms. The Labute approximate surface area is 158 Å². The van der Waals surface area contributed by atoms with Gasteiger partial charge in [-0.25, -0.2) is 9.67 Å². The van der Waals surface area contributed by atoms with Gasteiger partial charge in [0, 0.05) is 30.6 Å². The highest BCUT2D eigenvalue weighted by Crippen LogP contribution is 2.42. The molecule has 2 aromatic heterocycles. The number of piperidine rings is 1. The minimum Gasteiger partial charge on any atom is -0.367 e. The van der Waals surface area contributed by atoms with Crippen LogP contribution in [0.5, 0.6) is 0 Å². The molecule has 2 atom stereocenters. The summed E-state index contributed by atoms with van der Waals surface area (Å²) in [6.07, 6.45) is -3.03. The highest BCUT2D eigenvalue weighted by atomic mass is 32.1. The zero-order valence-electron chi connectivity index (χ0n) is 14.7. The van der Waals surface area contributed by atoms with Crippen LogP contribution in [-0.4, -0.2) is 50.9 Å². The van der Waals surface area contributed by atoms with Crippen molar-refractivity contribution in [2.45, 2.75) is 44.4 Å². The van der Waals surface area contributed by atoms with Crippen LogP contribution in [0.2, 0.25) is 0 Å². The van der Waals surface area contributed by atoms with Crippen LogP contribution in [0.3, 0.4) is 0 Å². The normalized spacial score (nSPS) is 23.8. The molecule has 0 bridgehead atoms. The molecule has 4 rings (SSSR count). The number of hydrogen-bond donors (Lipinski definition) is 1. The lowest BCUT2D eigenvalue weighted by Gasteiger charge is -2.40. The van der Waals surface area contributed by atoms with Crippen molar-refractivity contribution in [3.05, 3.63) is 28.3 Å². The molecule has 1 fully saturated rings. The molecule has 146 valence electrons. The summed E-state index contributed by atoms with van der Waals surface area (Å²) in [5.41, 5.74) is 2.62. The zero-order chi connectivity index (χ0) is 19.2. The summed E-state index contributed by atoms with van der Waals surface area (Å²) in [4.78, 5) is 18.2. The molecule has 2 aromatic rings. The number of carbonyl (C=O) groups is 1. The molecule has 27 heavy (non-hydrogen) atoms. The summed E-state index contributed by atoms with van der Waals surface area (Å²) in [6.45, 7) is 2.76. The van der Waals surface area contributed by atoms with Crippen molar-refractivity contribution >= 4 is 23.1 Å². The number of fused-ring (bicyclic) bond motifs is 1. The van der Waals surface area contributed by atoms with E-state index in [4.69, 9.17) is 0 Å². The van der Waals surface area contributed by atoms with Crippen molar-refractivity contribution in [1.29, 1.82) is 0 Å². The van der Waals surface area contributed by atoms with Gasteiger partial charge in [0.2, 0.25) is 0 Å². The average Bonchev–Trinajstić information content (AvgIpc) is 3.28. The summed E-state index contributed by atoms with van der Waals surface area (Å²) >= 11 is 1.37. The first-order chi connectivity index (χ1) is 12.8. The van der Waals surface area contributed by atoms with E-state index < -0.39 is 12.2 Å². The quantitative estimate of drug-likeness (QED) is 0.840. The number of hydrogen-bond acceptors (Lipinski definition) is 5. The molecule has 0 spiro atoms. The number of anilines is 1. The third kappa shape index (κ3) is 3.54. The smallest absolute Gasteiger partial charge is 0.367 e. The van der Waals surface area contributed by atoms with Crippen LogP contribution in [0.25, 0.3) is 0 Å². The largest absolute Gasteiger partial charge is 0.410 e. The zero-order valence-corrected chi connectivity index (χ0v) is 15.6. The van der Waals surface area contributed by atoms with Crippen LogP contribution in [0, 0.1) is 12.8 Å². The molecule has 0 saturated carbocycles. The minimum absolute atomic E-state index is 0.0394. The van der Waals surface area contributed by atoms with E-state index in [-0.39, 0.29) is 24.3 Å². The molecule has 4 heterocycles. The van der Waals surface area contributed by atoms with E-state index in [2.05, 4.69) is 15.4 Å². The minimum atomic E-state index is -4.34. The van der Waals surface area contributed by atoms with Gasteiger partial charge in [0.05, 0.1) is 11.2 Å². The molecule has 2 aliphatic rings. The third-order valence-electron chi connectivity index (χ3n) is 5.39. The number of carbonyl (C=O) groups excluding carboxylic acids is 1. The number of nitrogens with one attached hydrogen (secondary N) is 1. The monoisotopic (exact) mass is 399 g/mol. The van der Waals surface area contributed by atoms with Gasteiger partial charge >= 0.3 is 6.18 Å². The number of aryl methyl sites for hydroxylation is 1. The van der Waals surface area contributed by atoms with Gasteiger partial charge in [-0.05, 0) is 32.1 Å². The SMILES string of the molecule is Cc1cc2n(n1)[C@@H](C(F)(F)F)C[C@@H](C1CCN(C(=O)c3cscn3)CC1)N2. The van der Waals surface area contributed by atoms with E-state index in [0.717, 1.165) is 4.68 Å². The standard InChI is InChI=1S/C17H20F3N5OS/c1-10-6-15-22-12(7-14(17(18,19)20)25(15)23-10)11-2-4-24(5-3-11)16(26)13-8-27-9-21-13/h6,8-9,11-12,14,22H,2-5,7H2,1H3/t12-,14+/m0/s1. The number of rotatable bonds is 2. The van der Waals surface area contributed by atoms with Gasteiger partial charge in [0.1, 0.15) is 11.5 Å². The fourth-order valence-electron chi connectivity index (χ4n) is 4.02. The van der Waals surface area contributed by atoms with Crippen LogP contribution in [0.15, 0.2) is 17.0 Å². The van der Waals surface area contributed by atoms with Crippen LogP contribution >= 0.6 is 11.3 Å². The van der Waals surface area contributed by atoms with Crippen LogP contribution in [0.1, 0.15) is 41.5 Å². The Bertz CT molecular complexity index is 811. The first-order valence-corrected chi connectivity index (χ1v) is 9.84. The second kappa shape index (κ2) is 6.81. The number of likely N-dealkylation sites (tertiary alicyclic amines) is 1. The van der Waals surface area contributed by atoms with Gasteiger partial charge < -0.3 is 10.2 Å². The molecule has 1 N–H and O–H groups in total. The second-order valence-corrected chi connectivity index (χ2v) is 7.88. The van der Waals surface area contributed by atoms with Crippen molar-refractivity contribution in [3.63, 3.8) is 0 Å². The maximum absolute atomic E-state index is 13.5. The molecule has 2 aliphatic heterocycles. The number of amides is 1. The maximum atomic E-state index is 13.5. The van der Waals surface area contributed by atoms with Gasteiger partial charge in [-0.2, -0.15) is 18.3 Å². The molecule has 0 radical (unpaired) electrons. The number of thiazole rings is 1. The summed E-state index contributed by atoms with van der Waals surface area (Å²) in [7, 11) is 0. The second-order valence-electron chi connectivity index (χ2n) is 7.16. The molecule has 6 nitrogen and oxygen atoms in total. The number of aromatic nitrogens is 3. The van der Waals surface area contributed by atoms with Crippen molar-refractivity contribution in [2.24, 2.45) is 5.92 Å². The van der Waals surface area contributed by atoms with E-state index in [9.17, 15) is 18.0 Å². The number of nitrogens with zero attached hydrogens (tertiary/aromatic N) is 4. The highest BCUT2D eigenvalue weighted by molar-refractivity contribution is 7.07. The van der Waals surface area contributed by atoms with Gasteiger partial charge in [-0.3, -0.25) is 4.79 Å². The summed E-state index contributed by atoms with van der Waals surface area (Å²) < 4.78 is 41.7. The number of alkyl halides is 3. The van der Waals surface area contributed by atoms with Crippen LogP contribution in [-0.2, 0) is 0 Å². The van der Waals surface area contributed by atoms with Crippen LogP contribution in [0.4, 0.5) is 19.0 Å². The first kappa shape index (κ1) is 18.3. The molecule has 0 aliphatic carbocycles. The molecule has 0 unspecified atom stereocenters. The average molecular weight is 399 g/mol. The van der Waals surface area contributed by atoms with E-state index in [0.29, 0.717) is 43.1 Å².